The number of anilines is 1. The summed E-state index contributed by atoms with van der Waals surface area (Å²) in [6.07, 6.45) is 3.96. The molecule has 0 radical (unpaired) electrons. The van der Waals surface area contributed by atoms with Gasteiger partial charge in [-0.3, -0.25) is 4.79 Å². The summed E-state index contributed by atoms with van der Waals surface area (Å²) in [5, 5.41) is 11.8. The summed E-state index contributed by atoms with van der Waals surface area (Å²) in [7, 11) is 0. The highest BCUT2D eigenvalue weighted by Crippen LogP contribution is 2.40. The first-order chi connectivity index (χ1) is 11.5. The van der Waals surface area contributed by atoms with Crippen LogP contribution < -0.4 is 5.32 Å². The molecule has 0 spiro atoms. The zero-order valence-corrected chi connectivity index (χ0v) is 13.9. The van der Waals surface area contributed by atoms with Crippen molar-refractivity contribution in [2.45, 2.75) is 45.6 Å². The molecule has 1 N–H and O–H groups in total. The number of carbonyl (C=O) groups excluding carboxylic acids is 1. The number of aryl methyl sites for hydroxylation is 1. The first-order valence-electron chi connectivity index (χ1n) is 8.15. The molecule has 0 saturated heterocycles. The van der Waals surface area contributed by atoms with Crippen LogP contribution in [0.1, 0.15) is 60.5 Å². The number of amides is 1. The largest absolute Gasteiger partial charge is 0.360 e. The fourth-order valence-corrected chi connectivity index (χ4v) is 2.80. The Hall–Kier alpha value is -2.70. The highest BCUT2D eigenvalue weighted by Gasteiger charge is 2.28. The molecule has 1 saturated carbocycles. The lowest BCUT2D eigenvalue weighted by atomic mass is 10.1. The van der Waals surface area contributed by atoms with Crippen LogP contribution in [-0.2, 0) is 0 Å². The van der Waals surface area contributed by atoms with Crippen molar-refractivity contribution in [2.24, 2.45) is 0 Å². The fourth-order valence-electron chi connectivity index (χ4n) is 2.80. The van der Waals surface area contributed by atoms with Gasteiger partial charge in [0.25, 0.3) is 5.91 Å². The summed E-state index contributed by atoms with van der Waals surface area (Å²) in [6, 6.07) is 3.75. The van der Waals surface area contributed by atoms with Crippen LogP contribution in [0.5, 0.6) is 0 Å². The van der Waals surface area contributed by atoms with E-state index in [1.54, 1.807) is 19.2 Å². The molecule has 24 heavy (non-hydrogen) atoms. The Morgan fingerprint density at radius 2 is 2.17 bits per heavy atom. The molecular formula is C17H19N5O2. The van der Waals surface area contributed by atoms with Gasteiger partial charge in [-0.25, -0.2) is 9.67 Å². The molecule has 0 aromatic carbocycles. The van der Waals surface area contributed by atoms with Gasteiger partial charge in [-0.1, -0.05) is 5.16 Å². The maximum atomic E-state index is 12.8. The van der Waals surface area contributed by atoms with E-state index < -0.39 is 0 Å². The van der Waals surface area contributed by atoms with Gasteiger partial charge >= 0.3 is 0 Å². The third-order valence-electron chi connectivity index (χ3n) is 4.19. The van der Waals surface area contributed by atoms with E-state index in [1.165, 1.54) is 0 Å². The Bertz CT molecular complexity index is 920. The molecule has 1 fully saturated rings. The van der Waals surface area contributed by atoms with E-state index >= 15 is 0 Å². The maximum Gasteiger partial charge on any atom is 0.257 e. The number of rotatable bonds is 4. The quantitative estimate of drug-likeness (QED) is 0.794. The van der Waals surface area contributed by atoms with Crippen LogP contribution in [0.4, 0.5) is 5.82 Å². The molecular weight excluding hydrogens is 306 g/mol. The minimum absolute atomic E-state index is 0.179. The van der Waals surface area contributed by atoms with Crippen molar-refractivity contribution in [3.63, 3.8) is 0 Å². The van der Waals surface area contributed by atoms with Gasteiger partial charge in [0.15, 0.2) is 11.5 Å². The fraction of sp³-hybridized carbons (Fsp3) is 0.412. The highest BCUT2D eigenvalue weighted by molar-refractivity contribution is 6.11. The molecule has 3 heterocycles. The number of nitrogens with one attached hydrogen (secondary N) is 1. The van der Waals surface area contributed by atoms with Crippen LogP contribution in [0.2, 0.25) is 0 Å². The standard InChI is InChI=1S/C17H19N5O2/c1-9(2)22-16-13(8-18-22)12(7-14(19-16)11-4-5-11)17(23)20-15-6-10(3)24-21-15/h6-9,11H,4-5H2,1-3H3,(H,20,21,23). The number of nitrogens with zero attached hydrogens (tertiary/aromatic N) is 4. The molecule has 7 nitrogen and oxygen atoms in total. The lowest BCUT2D eigenvalue weighted by molar-refractivity contribution is 0.102. The Morgan fingerprint density at radius 3 is 2.79 bits per heavy atom. The van der Waals surface area contributed by atoms with Crippen molar-refractivity contribution in [1.82, 2.24) is 19.9 Å². The Kier molecular flexibility index (Phi) is 3.37. The molecule has 1 amide bonds. The van der Waals surface area contributed by atoms with Crippen LogP contribution in [0.25, 0.3) is 11.0 Å². The minimum Gasteiger partial charge on any atom is -0.360 e. The molecule has 3 aromatic heterocycles. The van der Waals surface area contributed by atoms with Gasteiger partial charge in [0, 0.05) is 23.7 Å². The first kappa shape index (κ1) is 14.9. The number of carbonyl (C=O) groups is 1. The molecule has 4 rings (SSSR count). The molecule has 0 aliphatic heterocycles. The Balaban J connectivity index is 1.79. The smallest absolute Gasteiger partial charge is 0.257 e. The zero-order chi connectivity index (χ0) is 16.8. The lowest BCUT2D eigenvalue weighted by Gasteiger charge is -2.10. The van der Waals surface area contributed by atoms with Crippen molar-refractivity contribution in [3.05, 3.63) is 35.3 Å². The van der Waals surface area contributed by atoms with Crippen LogP contribution in [0, 0.1) is 6.92 Å². The van der Waals surface area contributed by atoms with Crippen molar-refractivity contribution < 1.29 is 9.32 Å². The average Bonchev–Trinajstić information content (AvgIpc) is 3.18. The highest BCUT2D eigenvalue weighted by atomic mass is 16.5. The van der Waals surface area contributed by atoms with Gasteiger partial charge in [0.2, 0.25) is 0 Å². The van der Waals surface area contributed by atoms with Crippen LogP contribution in [0.3, 0.4) is 0 Å². The van der Waals surface area contributed by atoms with E-state index in [0.717, 1.165) is 29.6 Å². The third-order valence-corrected chi connectivity index (χ3v) is 4.19. The van der Waals surface area contributed by atoms with Gasteiger partial charge < -0.3 is 9.84 Å². The number of aromatic nitrogens is 4. The van der Waals surface area contributed by atoms with Gasteiger partial charge in [-0.2, -0.15) is 5.10 Å². The van der Waals surface area contributed by atoms with E-state index in [0.29, 0.717) is 23.1 Å². The molecule has 124 valence electrons. The number of hydrogen-bond donors (Lipinski definition) is 1. The number of hydrogen-bond acceptors (Lipinski definition) is 5. The first-order valence-corrected chi connectivity index (χ1v) is 8.15. The van der Waals surface area contributed by atoms with E-state index in [1.807, 2.05) is 10.7 Å². The van der Waals surface area contributed by atoms with Crippen LogP contribution in [0.15, 0.2) is 22.9 Å². The summed E-state index contributed by atoms with van der Waals surface area (Å²) in [5.41, 5.74) is 2.30. The Labute approximate surface area is 139 Å². The molecule has 0 bridgehead atoms. The summed E-state index contributed by atoms with van der Waals surface area (Å²) in [5.74, 6) is 1.29. The van der Waals surface area contributed by atoms with Crippen molar-refractivity contribution in [1.29, 1.82) is 0 Å². The van der Waals surface area contributed by atoms with E-state index in [9.17, 15) is 4.79 Å². The summed E-state index contributed by atoms with van der Waals surface area (Å²) in [6.45, 7) is 5.89. The molecule has 1 aliphatic rings. The van der Waals surface area contributed by atoms with E-state index in [-0.39, 0.29) is 11.9 Å². The second-order valence-corrected chi connectivity index (χ2v) is 6.57. The summed E-state index contributed by atoms with van der Waals surface area (Å²) < 4.78 is 6.86. The molecule has 1 aliphatic carbocycles. The van der Waals surface area contributed by atoms with Gasteiger partial charge in [0.1, 0.15) is 5.76 Å². The van der Waals surface area contributed by atoms with Gasteiger partial charge in [-0.15, -0.1) is 0 Å². The predicted octanol–water partition coefficient (Wildman–Crippen LogP) is 3.44. The SMILES string of the molecule is Cc1cc(NC(=O)c2cc(C3CC3)nc3c2cnn3C(C)C)no1. The molecule has 0 unspecified atom stereocenters. The lowest BCUT2D eigenvalue weighted by Crippen LogP contribution is -2.14. The molecule has 7 heteroatoms. The number of pyridine rings is 1. The van der Waals surface area contributed by atoms with Crippen molar-refractivity contribution >= 4 is 22.8 Å². The normalized spacial score (nSPS) is 14.5. The zero-order valence-electron chi connectivity index (χ0n) is 13.9. The minimum atomic E-state index is -0.221. The summed E-state index contributed by atoms with van der Waals surface area (Å²) >= 11 is 0. The van der Waals surface area contributed by atoms with E-state index in [4.69, 9.17) is 9.51 Å². The predicted molar refractivity (Wildman–Crippen MR) is 89.1 cm³/mol. The monoisotopic (exact) mass is 325 g/mol. The van der Waals surface area contributed by atoms with Gasteiger partial charge in [0.05, 0.1) is 17.1 Å². The molecule has 0 atom stereocenters. The third kappa shape index (κ3) is 2.55. The van der Waals surface area contributed by atoms with Crippen molar-refractivity contribution in [2.75, 3.05) is 5.32 Å². The Morgan fingerprint density at radius 1 is 1.38 bits per heavy atom. The summed E-state index contributed by atoms with van der Waals surface area (Å²) in [4.78, 5) is 17.5. The second kappa shape index (κ2) is 5.43. The maximum absolute atomic E-state index is 12.8. The average molecular weight is 325 g/mol. The van der Waals surface area contributed by atoms with Crippen molar-refractivity contribution in [3.8, 4) is 0 Å². The van der Waals surface area contributed by atoms with Crippen LogP contribution in [-0.4, -0.2) is 25.8 Å². The van der Waals surface area contributed by atoms with E-state index in [2.05, 4.69) is 29.4 Å². The van der Waals surface area contributed by atoms with Gasteiger partial charge in [-0.05, 0) is 39.7 Å². The molecule has 3 aromatic rings. The second-order valence-electron chi connectivity index (χ2n) is 6.57. The number of fused-ring (bicyclic) bond motifs is 1. The van der Waals surface area contributed by atoms with Crippen LogP contribution >= 0.6 is 0 Å². The topological polar surface area (TPSA) is 85.8 Å².